The predicted octanol–water partition coefficient (Wildman–Crippen LogP) is 1.03. The lowest BCUT2D eigenvalue weighted by Gasteiger charge is -2.16. The number of aromatic nitrogens is 2. The average molecular weight is 485 g/mol. The van der Waals surface area contributed by atoms with Gasteiger partial charge in [0.25, 0.3) is 5.56 Å². The Morgan fingerprint density at radius 2 is 1.71 bits per heavy atom. The highest BCUT2D eigenvalue weighted by atomic mass is 19.1. The maximum atomic E-state index is 13.2. The molecule has 0 radical (unpaired) electrons. The van der Waals surface area contributed by atoms with Gasteiger partial charge in [0.05, 0.1) is 18.7 Å². The summed E-state index contributed by atoms with van der Waals surface area (Å²) >= 11 is 0. The number of nitrogens with two attached hydrogens (primary N) is 1. The summed E-state index contributed by atoms with van der Waals surface area (Å²) in [5.74, 6) is -3.26. The number of H-pyrrole nitrogens is 1. The van der Waals surface area contributed by atoms with Crippen molar-refractivity contribution in [3.8, 4) is 0 Å². The molecule has 0 fully saturated rings. The van der Waals surface area contributed by atoms with E-state index in [-0.39, 0.29) is 43.8 Å². The van der Waals surface area contributed by atoms with Crippen LogP contribution in [0.25, 0.3) is 0 Å². The second-order valence-corrected chi connectivity index (χ2v) is 7.98. The highest BCUT2D eigenvalue weighted by molar-refractivity contribution is 5.92. The number of rotatable bonds is 17. The molecule has 0 aliphatic carbocycles. The Balaban J connectivity index is 2.39. The van der Waals surface area contributed by atoms with Gasteiger partial charge in [0.1, 0.15) is 0 Å². The number of aromatic amines is 1. The molecule has 1 aromatic heterocycles. The minimum absolute atomic E-state index is 0.0204. The fourth-order valence-electron chi connectivity index (χ4n) is 3.14. The first-order valence-electron chi connectivity index (χ1n) is 11.4. The standard InChI is InChI=1S/C22H33FN4O7/c1-2-3-4-5-6-10-19(30)25-16(12-18(24)29)17(28)9-7-8-11-20(31)34-14-27-13-15(23)21(32)26-22(27)33/h13,16H,2-12,14H2,1H3,(H2,24,29)(H,25,30)(H,26,32,33)/t16-/m1/s1. The van der Waals surface area contributed by atoms with E-state index < -0.39 is 41.7 Å². The summed E-state index contributed by atoms with van der Waals surface area (Å²) in [6.07, 6.45) is 5.95. The number of nitrogens with zero attached hydrogens (tertiary/aromatic N) is 1. The highest BCUT2D eigenvalue weighted by Crippen LogP contribution is 2.08. The van der Waals surface area contributed by atoms with Gasteiger partial charge >= 0.3 is 11.7 Å². The normalized spacial score (nSPS) is 11.6. The molecule has 0 aliphatic rings. The Labute approximate surface area is 196 Å². The van der Waals surface area contributed by atoms with Crippen LogP contribution in [0.5, 0.6) is 0 Å². The fraction of sp³-hybridized carbons (Fsp3) is 0.636. The number of nitrogens with one attached hydrogen (secondary N) is 2. The van der Waals surface area contributed by atoms with Gasteiger partial charge in [-0.25, -0.2) is 4.79 Å². The highest BCUT2D eigenvalue weighted by Gasteiger charge is 2.22. The Morgan fingerprint density at radius 1 is 1.06 bits per heavy atom. The van der Waals surface area contributed by atoms with Crippen molar-refractivity contribution in [1.82, 2.24) is 14.9 Å². The third-order valence-corrected chi connectivity index (χ3v) is 5.02. The van der Waals surface area contributed by atoms with Gasteiger partial charge in [-0.2, -0.15) is 4.39 Å². The molecule has 0 bridgehead atoms. The van der Waals surface area contributed by atoms with E-state index in [1.807, 2.05) is 0 Å². The third kappa shape index (κ3) is 11.5. The third-order valence-electron chi connectivity index (χ3n) is 5.02. The van der Waals surface area contributed by atoms with Crippen LogP contribution in [0.3, 0.4) is 0 Å². The molecular weight excluding hydrogens is 451 g/mol. The molecule has 2 amide bonds. The number of Topliss-reactive ketones (excluding diaryl/α,β-unsaturated/α-hetero) is 1. The van der Waals surface area contributed by atoms with Gasteiger partial charge in [0.2, 0.25) is 17.6 Å². The predicted molar refractivity (Wildman–Crippen MR) is 120 cm³/mol. The van der Waals surface area contributed by atoms with Crippen molar-refractivity contribution in [3.63, 3.8) is 0 Å². The molecule has 0 saturated carbocycles. The van der Waals surface area contributed by atoms with Gasteiger partial charge < -0.3 is 15.8 Å². The van der Waals surface area contributed by atoms with Crippen LogP contribution in [-0.4, -0.2) is 39.2 Å². The van der Waals surface area contributed by atoms with E-state index in [9.17, 15) is 33.2 Å². The molecule has 12 heteroatoms. The number of esters is 1. The van der Waals surface area contributed by atoms with E-state index in [2.05, 4.69) is 12.2 Å². The number of carbonyl (C=O) groups is 4. The summed E-state index contributed by atoms with van der Waals surface area (Å²) < 4.78 is 18.8. The van der Waals surface area contributed by atoms with Gasteiger partial charge in [-0.15, -0.1) is 0 Å². The van der Waals surface area contributed by atoms with Crippen LogP contribution in [0.15, 0.2) is 15.8 Å². The van der Waals surface area contributed by atoms with Crippen LogP contribution in [0, 0.1) is 5.82 Å². The van der Waals surface area contributed by atoms with Crippen LogP contribution in [-0.2, 0) is 30.6 Å². The number of hydrogen-bond acceptors (Lipinski definition) is 7. The van der Waals surface area contributed by atoms with E-state index >= 15 is 0 Å². The number of amides is 2. The zero-order valence-electron chi connectivity index (χ0n) is 19.4. The van der Waals surface area contributed by atoms with E-state index in [1.165, 1.54) is 0 Å². The van der Waals surface area contributed by atoms with Crippen molar-refractivity contribution in [1.29, 1.82) is 0 Å². The molecule has 0 aromatic carbocycles. The van der Waals surface area contributed by atoms with E-state index in [0.717, 1.165) is 25.7 Å². The second kappa shape index (κ2) is 15.5. The van der Waals surface area contributed by atoms with Gasteiger partial charge in [0.15, 0.2) is 12.5 Å². The SMILES string of the molecule is CCCCCCCC(=O)N[C@H](CC(N)=O)C(=O)CCCCC(=O)OCn1cc(F)c(=O)[nH]c1=O. The average Bonchev–Trinajstić information content (AvgIpc) is 2.77. The van der Waals surface area contributed by atoms with E-state index in [4.69, 9.17) is 10.5 Å². The topological polar surface area (TPSA) is 170 Å². The maximum absolute atomic E-state index is 13.2. The lowest BCUT2D eigenvalue weighted by Crippen LogP contribution is -2.43. The molecule has 1 atom stereocenters. The van der Waals surface area contributed by atoms with Crippen molar-refractivity contribution in [2.24, 2.45) is 5.73 Å². The molecule has 190 valence electrons. The van der Waals surface area contributed by atoms with Gasteiger partial charge in [-0.1, -0.05) is 32.6 Å². The smallest absolute Gasteiger partial charge is 0.331 e. The number of primary amides is 1. The molecular formula is C22H33FN4O7. The summed E-state index contributed by atoms with van der Waals surface area (Å²) in [6, 6.07) is -1.00. The molecule has 1 aromatic rings. The molecule has 0 aliphatic heterocycles. The van der Waals surface area contributed by atoms with Crippen molar-refractivity contribution in [2.45, 2.75) is 90.3 Å². The molecule has 34 heavy (non-hydrogen) atoms. The summed E-state index contributed by atoms with van der Waals surface area (Å²) in [6.45, 7) is 1.52. The van der Waals surface area contributed by atoms with E-state index in [1.54, 1.807) is 4.98 Å². The quantitative estimate of drug-likeness (QED) is 0.219. The minimum atomic E-state index is -1.19. The number of carbonyl (C=O) groups excluding carboxylic acids is 4. The zero-order valence-corrected chi connectivity index (χ0v) is 19.4. The molecule has 11 nitrogen and oxygen atoms in total. The summed E-state index contributed by atoms with van der Waals surface area (Å²) in [5, 5.41) is 2.57. The van der Waals surface area contributed by atoms with Crippen LogP contribution in [0.1, 0.15) is 77.6 Å². The summed E-state index contributed by atoms with van der Waals surface area (Å²) in [4.78, 5) is 71.9. The molecule has 1 heterocycles. The van der Waals surface area contributed by atoms with Crippen molar-refractivity contribution < 1.29 is 28.3 Å². The summed E-state index contributed by atoms with van der Waals surface area (Å²) in [5.41, 5.74) is 3.10. The molecule has 4 N–H and O–H groups in total. The molecule has 1 rings (SSSR count). The Bertz CT molecular complexity index is 957. The fourth-order valence-corrected chi connectivity index (χ4v) is 3.14. The first kappa shape index (κ1) is 28.7. The minimum Gasteiger partial charge on any atom is -0.444 e. The zero-order chi connectivity index (χ0) is 25.5. The van der Waals surface area contributed by atoms with Crippen LogP contribution >= 0.6 is 0 Å². The second-order valence-electron chi connectivity index (χ2n) is 7.98. The molecule has 0 unspecified atom stereocenters. The van der Waals surface area contributed by atoms with Gasteiger partial charge in [-0.05, 0) is 19.3 Å². The lowest BCUT2D eigenvalue weighted by molar-refractivity contribution is -0.147. The molecule has 0 saturated heterocycles. The largest absolute Gasteiger partial charge is 0.444 e. The Kier molecular flexibility index (Phi) is 13.1. The first-order valence-corrected chi connectivity index (χ1v) is 11.4. The summed E-state index contributed by atoms with van der Waals surface area (Å²) in [7, 11) is 0. The number of unbranched alkanes of at least 4 members (excludes halogenated alkanes) is 5. The van der Waals surface area contributed by atoms with Crippen LogP contribution < -0.4 is 22.3 Å². The van der Waals surface area contributed by atoms with Crippen molar-refractivity contribution in [2.75, 3.05) is 0 Å². The number of hydrogen-bond donors (Lipinski definition) is 3. The number of ketones is 1. The Morgan fingerprint density at radius 3 is 2.38 bits per heavy atom. The number of ether oxygens (including phenoxy) is 1. The molecule has 0 spiro atoms. The van der Waals surface area contributed by atoms with Crippen molar-refractivity contribution in [3.05, 3.63) is 32.9 Å². The van der Waals surface area contributed by atoms with Crippen LogP contribution in [0.4, 0.5) is 4.39 Å². The van der Waals surface area contributed by atoms with Crippen molar-refractivity contribution >= 4 is 23.6 Å². The van der Waals surface area contributed by atoms with Gasteiger partial charge in [0, 0.05) is 19.3 Å². The van der Waals surface area contributed by atoms with Crippen LogP contribution in [0.2, 0.25) is 0 Å². The first-order chi connectivity index (χ1) is 16.1. The van der Waals surface area contributed by atoms with E-state index in [0.29, 0.717) is 23.6 Å². The maximum Gasteiger partial charge on any atom is 0.331 e. The Hall–Kier alpha value is -3.31. The number of halogens is 1. The lowest BCUT2D eigenvalue weighted by atomic mass is 10.0. The van der Waals surface area contributed by atoms with Gasteiger partial charge in [-0.3, -0.25) is 33.5 Å². The monoisotopic (exact) mass is 484 g/mol.